The molecule has 0 aromatic heterocycles. The maximum absolute atomic E-state index is 14.3. The number of hydrogen-bond acceptors (Lipinski definition) is 12. The second-order valence-electron chi connectivity index (χ2n) is 17.3. The molecule has 5 N–H and O–H groups in total. The van der Waals surface area contributed by atoms with Gasteiger partial charge in [-0.05, 0) is 95.5 Å². The van der Waals surface area contributed by atoms with Gasteiger partial charge in [0.05, 0.1) is 30.5 Å². The van der Waals surface area contributed by atoms with Crippen molar-refractivity contribution < 1.29 is 63.7 Å². The Kier molecular flexibility index (Phi) is 18.9. The first-order chi connectivity index (χ1) is 27.0. The topological polar surface area (TPSA) is 210 Å². The second-order valence-corrected chi connectivity index (χ2v) is 17.3. The van der Waals surface area contributed by atoms with Crippen LogP contribution in [0, 0.1) is 29.6 Å². The van der Waals surface area contributed by atoms with Crippen molar-refractivity contribution >= 4 is 23.4 Å². The first kappa shape index (κ1) is 49.5. The van der Waals surface area contributed by atoms with Crippen molar-refractivity contribution in [2.24, 2.45) is 29.6 Å². The summed E-state index contributed by atoms with van der Waals surface area (Å²) in [4.78, 5) is 57.8. The summed E-state index contributed by atoms with van der Waals surface area (Å²) in [6.45, 7) is 13.1. The summed E-state index contributed by atoms with van der Waals surface area (Å²) in [7, 11) is 4.61. The molecule has 14 atom stereocenters. The van der Waals surface area contributed by atoms with Gasteiger partial charge in [-0.2, -0.15) is 0 Å². The minimum absolute atomic E-state index is 0. The van der Waals surface area contributed by atoms with Gasteiger partial charge in [-0.15, -0.1) is 6.58 Å². The van der Waals surface area contributed by atoms with E-state index in [4.69, 9.17) is 23.7 Å². The number of ketones is 2. The quantitative estimate of drug-likeness (QED) is 0.190. The smallest absolute Gasteiger partial charge is 0.329 e. The molecule has 330 valence electrons. The maximum atomic E-state index is 14.3. The van der Waals surface area contributed by atoms with Crippen LogP contribution in [-0.2, 0) is 42.9 Å². The van der Waals surface area contributed by atoms with E-state index in [2.05, 4.69) is 6.58 Å². The molecule has 1 aliphatic carbocycles. The molecular formula is C44H71NO13. The Labute approximate surface area is 344 Å². The fraction of sp³-hybridized carbons (Fsp3) is 0.773. The van der Waals surface area contributed by atoms with Crippen LogP contribution in [0.2, 0.25) is 0 Å². The number of nitrogens with zero attached hydrogens (tertiary/aromatic N) is 1. The van der Waals surface area contributed by atoms with Gasteiger partial charge >= 0.3 is 5.97 Å². The number of aliphatic hydroxyl groups excluding tert-OH is 2. The molecule has 3 fully saturated rings. The fourth-order valence-corrected chi connectivity index (χ4v) is 9.42. The number of carbonyl (C=O) groups excluding carboxylic acids is 4. The molecule has 1 saturated carbocycles. The number of methoxy groups -OCH3 is 3. The molecule has 0 spiro atoms. The van der Waals surface area contributed by atoms with Gasteiger partial charge < -0.3 is 49.4 Å². The van der Waals surface area contributed by atoms with Crippen molar-refractivity contribution in [1.29, 1.82) is 0 Å². The summed E-state index contributed by atoms with van der Waals surface area (Å²) >= 11 is 0. The van der Waals surface area contributed by atoms with E-state index in [-0.39, 0.29) is 55.0 Å². The molecule has 0 aromatic carbocycles. The van der Waals surface area contributed by atoms with Gasteiger partial charge in [-0.1, -0.05) is 44.6 Å². The normalized spacial score (nSPS) is 39.4. The van der Waals surface area contributed by atoms with E-state index < -0.39 is 83.9 Å². The average molecular weight is 822 g/mol. The molecule has 0 radical (unpaired) electrons. The van der Waals surface area contributed by atoms with Gasteiger partial charge in [-0.25, -0.2) is 4.79 Å². The number of cyclic esters (lactones) is 1. The van der Waals surface area contributed by atoms with Gasteiger partial charge in [0.2, 0.25) is 5.79 Å². The summed E-state index contributed by atoms with van der Waals surface area (Å²) in [5.41, 5.74) is 1.61. The highest BCUT2D eigenvalue weighted by molar-refractivity contribution is 6.39. The highest BCUT2D eigenvalue weighted by atomic mass is 16.7. The lowest BCUT2D eigenvalue weighted by atomic mass is 9.81. The molecule has 14 heteroatoms. The van der Waals surface area contributed by atoms with E-state index in [1.54, 1.807) is 27.0 Å². The fourth-order valence-electron chi connectivity index (χ4n) is 9.42. The lowest BCUT2D eigenvalue weighted by molar-refractivity contribution is -0.302. The van der Waals surface area contributed by atoms with Crippen LogP contribution in [0.3, 0.4) is 0 Å². The van der Waals surface area contributed by atoms with Crippen molar-refractivity contribution in [1.82, 2.24) is 4.90 Å². The molecule has 4 rings (SSSR count). The first-order valence-corrected chi connectivity index (χ1v) is 20.9. The number of carbonyl (C=O) groups is 4. The lowest BCUT2D eigenvalue weighted by Crippen LogP contribution is -2.64. The molecule has 3 aliphatic heterocycles. The van der Waals surface area contributed by atoms with Crippen LogP contribution in [0.1, 0.15) is 105 Å². The molecule has 2 bridgehead atoms. The van der Waals surface area contributed by atoms with Gasteiger partial charge in [0.1, 0.15) is 24.0 Å². The summed E-state index contributed by atoms with van der Waals surface area (Å²) in [6, 6.07) is -1.14. The minimum Gasteiger partial charge on any atom is -0.456 e. The lowest BCUT2D eigenvalue weighted by Gasteiger charge is -2.47. The van der Waals surface area contributed by atoms with Crippen LogP contribution in [0.5, 0.6) is 0 Å². The highest BCUT2D eigenvalue weighted by Gasteiger charge is 2.56. The number of rotatable bonds is 7. The molecule has 3 heterocycles. The average Bonchev–Trinajstić information content (AvgIpc) is 3.18. The van der Waals surface area contributed by atoms with Crippen molar-refractivity contribution in [3.63, 3.8) is 0 Å². The van der Waals surface area contributed by atoms with Crippen molar-refractivity contribution in [3.05, 3.63) is 36.0 Å². The highest BCUT2D eigenvalue weighted by Crippen LogP contribution is 2.39. The summed E-state index contributed by atoms with van der Waals surface area (Å²) in [5, 5.41) is 34.1. The minimum atomic E-state index is -2.51. The molecule has 4 aliphatic rings. The van der Waals surface area contributed by atoms with Crippen LogP contribution < -0.4 is 0 Å². The number of amides is 1. The molecule has 1 amide bonds. The van der Waals surface area contributed by atoms with Gasteiger partial charge in [0.25, 0.3) is 11.7 Å². The Morgan fingerprint density at radius 1 is 0.931 bits per heavy atom. The van der Waals surface area contributed by atoms with Crippen molar-refractivity contribution in [2.75, 3.05) is 27.9 Å². The van der Waals surface area contributed by atoms with Gasteiger partial charge in [0, 0.05) is 52.0 Å². The number of esters is 1. The van der Waals surface area contributed by atoms with E-state index in [1.807, 2.05) is 32.9 Å². The van der Waals surface area contributed by atoms with Crippen LogP contribution in [-0.4, -0.2) is 132 Å². The Balaban J connectivity index is 0.00000900. The van der Waals surface area contributed by atoms with Crippen molar-refractivity contribution in [2.45, 2.75) is 160 Å². The summed E-state index contributed by atoms with van der Waals surface area (Å²) in [6.07, 6.45) is 4.93. The number of piperidine rings is 1. The molecule has 1 unspecified atom stereocenters. The number of ether oxygens (including phenoxy) is 5. The van der Waals surface area contributed by atoms with Gasteiger partial charge in [0.15, 0.2) is 0 Å². The third-order valence-electron chi connectivity index (χ3n) is 12.9. The zero-order valence-electron chi connectivity index (χ0n) is 35.9. The third-order valence-corrected chi connectivity index (χ3v) is 12.9. The Morgan fingerprint density at radius 2 is 1.59 bits per heavy atom. The van der Waals surface area contributed by atoms with Gasteiger partial charge in [-0.3, -0.25) is 14.4 Å². The number of allylic oxidation sites excluding steroid dienone is 4. The van der Waals surface area contributed by atoms with Crippen molar-refractivity contribution in [3.8, 4) is 0 Å². The zero-order valence-corrected chi connectivity index (χ0v) is 35.9. The van der Waals surface area contributed by atoms with E-state index in [9.17, 15) is 34.5 Å². The van der Waals surface area contributed by atoms with Crippen LogP contribution in [0.4, 0.5) is 0 Å². The Bertz CT molecular complexity index is 1480. The van der Waals surface area contributed by atoms with E-state index in [0.29, 0.717) is 56.9 Å². The number of hydrogen-bond donors (Lipinski definition) is 3. The summed E-state index contributed by atoms with van der Waals surface area (Å²) in [5.74, 6) is -7.76. The monoisotopic (exact) mass is 821 g/mol. The Hall–Kier alpha value is -2.82. The molecule has 0 aromatic rings. The first-order valence-electron chi connectivity index (χ1n) is 20.9. The van der Waals surface area contributed by atoms with Crippen LogP contribution >= 0.6 is 0 Å². The largest absolute Gasteiger partial charge is 0.456 e. The maximum Gasteiger partial charge on any atom is 0.329 e. The van der Waals surface area contributed by atoms with E-state index >= 15 is 0 Å². The number of Topliss-reactive ketones (excluding diaryl/α,β-unsaturated/α-hetero) is 2. The number of fused-ring (bicyclic) bond motifs is 3. The predicted octanol–water partition coefficient (Wildman–Crippen LogP) is 3.81. The molecule has 14 nitrogen and oxygen atoms in total. The Morgan fingerprint density at radius 3 is 2.22 bits per heavy atom. The zero-order chi connectivity index (χ0) is 42.2. The van der Waals surface area contributed by atoms with Crippen LogP contribution in [0.15, 0.2) is 36.0 Å². The predicted molar refractivity (Wildman–Crippen MR) is 216 cm³/mol. The molecule has 2 saturated heterocycles. The number of aliphatic hydroxyl groups is 3. The van der Waals surface area contributed by atoms with Crippen LogP contribution in [0.25, 0.3) is 0 Å². The molecule has 58 heavy (non-hydrogen) atoms. The standard InChI is InChI=1S/C44H69NO12.H2O/c1-10-13-31-19-25(2)18-26(3)20-37(54-8)40-38(55-9)22-28(5)44(52,57-40)41(49)42(50)45-17-12-11-14-32(45)43(51)56-39(29(6)34(47)24-35(31)48)27(4)21-30-15-16-33(46)36(23-30)53-7;/h10,19,21,26,28-34,36-40,46-47,52H,1,11-18,20,22-24H2,2-9H3;1H2/t26-,28+,29+,30?,31+,32-,33+,34-,36+,37-,38-,39+,40+,44+;/m0./s1. The van der Waals surface area contributed by atoms with E-state index in [1.165, 1.54) is 19.1 Å². The summed E-state index contributed by atoms with van der Waals surface area (Å²) < 4.78 is 29.7. The molecular weight excluding hydrogens is 750 g/mol. The second kappa shape index (κ2) is 22.1. The SMILES string of the molecule is C=CC[C@@H]1C=C(C)C[C@H](C)C[C@H](OC)[C@H]2O[C@@](O)(C(=O)C(=O)N3CCCC[C@H]3C(=O)O[C@H](C(C)=CC3CC[C@@H](O)[C@H](OC)C3)[C@H](C)[C@@H](O)CC1=O)[C@H](C)C[C@@H]2OC.O. The van der Waals surface area contributed by atoms with E-state index in [0.717, 1.165) is 5.57 Å². The third kappa shape index (κ3) is 11.7.